The highest BCUT2D eigenvalue weighted by molar-refractivity contribution is 5.74. The van der Waals surface area contributed by atoms with Crippen LogP contribution in [-0.2, 0) is 0 Å². The number of nitrogens with one attached hydrogen (secondary N) is 1. The molecule has 0 radical (unpaired) electrons. The lowest BCUT2D eigenvalue weighted by Crippen LogP contribution is -1.87. The van der Waals surface area contributed by atoms with E-state index in [1.807, 2.05) is 13.0 Å². The summed E-state index contributed by atoms with van der Waals surface area (Å²) in [5.41, 5.74) is 5.26. The van der Waals surface area contributed by atoms with Gasteiger partial charge in [-0.15, -0.1) is 0 Å². The number of aldehydes is 1. The molecule has 0 bridgehead atoms. The Morgan fingerprint density at radius 3 is 2.56 bits per heavy atom. The van der Waals surface area contributed by atoms with Gasteiger partial charge in [0.1, 0.15) is 0 Å². The van der Waals surface area contributed by atoms with Gasteiger partial charge in [-0.05, 0) is 26.3 Å². The average Bonchev–Trinajstić information content (AvgIpc) is 2.60. The third-order valence-corrected chi connectivity index (χ3v) is 2.65. The number of aryl methyl sites for hydroxylation is 3. The van der Waals surface area contributed by atoms with E-state index in [-0.39, 0.29) is 0 Å². The van der Waals surface area contributed by atoms with E-state index in [0.717, 1.165) is 23.2 Å². The van der Waals surface area contributed by atoms with E-state index in [2.05, 4.69) is 35.9 Å². The van der Waals surface area contributed by atoms with Gasteiger partial charge in [-0.25, -0.2) is 4.98 Å². The molecule has 0 aliphatic heterocycles. The molecule has 0 saturated heterocycles. The fourth-order valence-corrected chi connectivity index (χ4v) is 1.88. The number of benzene rings is 1. The lowest BCUT2D eigenvalue weighted by molar-refractivity contribution is 0.111. The average molecular weight is 214 g/mol. The summed E-state index contributed by atoms with van der Waals surface area (Å²) in [4.78, 5) is 17.9. The van der Waals surface area contributed by atoms with Crippen LogP contribution in [0.2, 0.25) is 0 Å². The molecule has 3 nitrogen and oxygen atoms in total. The van der Waals surface area contributed by atoms with Crippen LogP contribution in [0.1, 0.15) is 27.4 Å². The van der Waals surface area contributed by atoms with Crippen molar-refractivity contribution in [1.82, 2.24) is 9.97 Å². The monoisotopic (exact) mass is 214 g/mol. The predicted molar refractivity (Wildman–Crippen MR) is 63.6 cm³/mol. The van der Waals surface area contributed by atoms with Gasteiger partial charge in [0.15, 0.2) is 12.1 Å². The number of H-pyrrole nitrogens is 1. The van der Waals surface area contributed by atoms with Crippen molar-refractivity contribution in [3.63, 3.8) is 0 Å². The molecular weight excluding hydrogens is 200 g/mol. The third-order valence-electron chi connectivity index (χ3n) is 2.65. The molecule has 3 heteroatoms. The predicted octanol–water partition coefficient (Wildman–Crippen LogP) is 2.81. The minimum Gasteiger partial charge on any atom is -0.339 e. The van der Waals surface area contributed by atoms with E-state index in [1.54, 1.807) is 0 Å². The van der Waals surface area contributed by atoms with E-state index in [9.17, 15) is 4.79 Å². The van der Waals surface area contributed by atoms with Crippen LogP contribution in [0.3, 0.4) is 0 Å². The van der Waals surface area contributed by atoms with Crippen LogP contribution in [0.25, 0.3) is 11.3 Å². The summed E-state index contributed by atoms with van der Waals surface area (Å²) >= 11 is 0. The Hall–Kier alpha value is -1.90. The van der Waals surface area contributed by atoms with Crippen molar-refractivity contribution in [2.45, 2.75) is 20.8 Å². The molecule has 16 heavy (non-hydrogen) atoms. The summed E-state index contributed by atoms with van der Waals surface area (Å²) in [6, 6.07) is 6.21. The molecule has 0 saturated carbocycles. The van der Waals surface area contributed by atoms with Gasteiger partial charge in [-0.3, -0.25) is 4.79 Å². The van der Waals surface area contributed by atoms with Crippen molar-refractivity contribution in [3.05, 3.63) is 40.8 Å². The Kier molecular flexibility index (Phi) is 2.60. The molecule has 0 unspecified atom stereocenters. The maximum Gasteiger partial charge on any atom is 0.185 e. The van der Waals surface area contributed by atoms with E-state index < -0.39 is 0 Å². The first kappa shape index (κ1) is 10.6. The number of aromatic amines is 1. The first-order chi connectivity index (χ1) is 7.61. The molecule has 82 valence electrons. The summed E-state index contributed by atoms with van der Waals surface area (Å²) in [6.45, 7) is 6.04. The van der Waals surface area contributed by atoms with E-state index in [1.165, 1.54) is 11.1 Å². The molecular formula is C13H14N2O. The highest BCUT2D eigenvalue weighted by Crippen LogP contribution is 2.25. The Morgan fingerprint density at radius 1 is 1.25 bits per heavy atom. The highest BCUT2D eigenvalue weighted by Gasteiger charge is 2.10. The molecule has 0 amide bonds. The third kappa shape index (κ3) is 1.76. The Balaban J connectivity index is 2.57. The molecule has 0 aliphatic rings. The number of nitrogens with zero attached hydrogens (tertiary/aromatic N) is 1. The summed E-state index contributed by atoms with van der Waals surface area (Å²) in [7, 11) is 0. The first-order valence-corrected chi connectivity index (χ1v) is 5.21. The zero-order chi connectivity index (χ0) is 11.7. The number of aromatic nitrogens is 2. The van der Waals surface area contributed by atoms with Gasteiger partial charge in [-0.1, -0.05) is 23.8 Å². The van der Waals surface area contributed by atoms with Gasteiger partial charge in [-0.2, -0.15) is 0 Å². The zero-order valence-corrected chi connectivity index (χ0v) is 9.66. The largest absolute Gasteiger partial charge is 0.339 e. The quantitative estimate of drug-likeness (QED) is 0.781. The molecule has 0 aliphatic carbocycles. The second-order valence-electron chi connectivity index (χ2n) is 4.03. The van der Waals surface area contributed by atoms with Gasteiger partial charge < -0.3 is 4.98 Å². The fraction of sp³-hybridized carbons (Fsp3) is 0.231. The summed E-state index contributed by atoms with van der Waals surface area (Å²) in [6.07, 6.45) is 0.736. The number of rotatable bonds is 2. The highest BCUT2D eigenvalue weighted by atomic mass is 16.1. The second-order valence-corrected chi connectivity index (χ2v) is 4.03. The second kappa shape index (κ2) is 3.93. The zero-order valence-electron chi connectivity index (χ0n) is 9.66. The molecule has 0 spiro atoms. The number of carbonyl (C=O) groups excluding carboxylic acids is 1. The molecule has 0 fully saturated rings. The molecule has 1 aromatic carbocycles. The number of imidazole rings is 1. The van der Waals surface area contributed by atoms with Crippen molar-refractivity contribution in [1.29, 1.82) is 0 Å². The standard InChI is InChI=1S/C13H14N2O/c1-8-4-5-11(9(2)6-8)13-10(3)14-12(7-16)15-13/h4-7H,1-3H3,(H,14,15). The van der Waals surface area contributed by atoms with Crippen LogP contribution in [0, 0.1) is 20.8 Å². The van der Waals surface area contributed by atoms with Crippen LogP contribution in [0.15, 0.2) is 18.2 Å². The number of carbonyl (C=O) groups is 1. The maximum absolute atomic E-state index is 10.6. The molecule has 2 rings (SSSR count). The van der Waals surface area contributed by atoms with E-state index in [0.29, 0.717) is 5.82 Å². The molecule has 1 heterocycles. The van der Waals surface area contributed by atoms with Crippen molar-refractivity contribution in [3.8, 4) is 11.3 Å². The van der Waals surface area contributed by atoms with Gasteiger partial charge in [0.2, 0.25) is 0 Å². The van der Waals surface area contributed by atoms with Crippen LogP contribution in [0.4, 0.5) is 0 Å². The summed E-state index contributed by atoms with van der Waals surface area (Å²) < 4.78 is 0. The van der Waals surface area contributed by atoms with Gasteiger partial charge in [0.05, 0.1) is 5.69 Å². The van der Waals surface area contributed by atoms with Crippen molar-refractivity contribution in [2.75, 3.05) is 0 Å². The van der Waals surface area contributed by atoms with Crippen molar-refractivity contribution < 1.29 is 4.79 Å². The van der Waals surface area contributed by atoms with Gasteiger partial charge >= 0.3 is 0 Å². The number of hydrogen-bond acceptors (Lipinski definition) is 2. The Morgan fingerprint density at radius 2 is 2.00 bits per heavy atom. The Bertz CT molecular complexity index is 541. The SMILES string of the molecule is Cc1ccc(-c2nc(C=O)[nH]c2C)c(C)c1. The van der Waals surface area contributed by atoms with Gasteiger partial charge in [0.25, 0.3) is 0 Å². The smallest absolute Gasteiger partial charge is 0.185 e. The van der Waals surface area contributed by atoms with Crippen LogP contribution >= 0.6 is 0 Å². The molecule has 1 N–H and O–H groups in total. The summed E-state index contributed by atoms with van der Waals surface area (Å²) in [5.74, 6) is 0.382. The van der Waals surface area contributed by atoms with Gasteiger partial charge in [0, 0.05) is 11.3 Å². The molecule has 0 atom stereocenters. The number of hydrogen-bond donors (Lipinski definition) is 1. The van der Waals surface area contributed by atoms with E-state index in [4.69, 9.17) is 0 Å². The van der Waals surface area contributed by atoms with Crippen LogP contribution in [-0.4, -0.2) is 16.3 Å². The maximum atomic E-state index is 10.6. The molecule has 2 aromatic rings. The van der Waals surface area contributed by atoms with Crippen LogP contribution < -0.4 is 0 Å². The minimum absolute atomic E-state index is 0.382. The summed E-state index contributed by atoms with van der Waals surface area (Å²) in [5, 5.41) is 0. The molecule has 1 aromatic heterocycles. The van der Waals surface area contributed by atoms with Crippen molar-refractivity contribution in [2.24, 2.45) is 0 Å². The Labute approximate surface area is 94.5 Å². The minimum atomic E-state index is 0.382. The topological polar surface area (TPSA) is 45.8 Å². The van der Waals surface area contributed by atoms with Crippen molar-refractivity contribution >= 4 is 6.29 Å². The fourth-order valence-electron chi connectivity index (χ4n) is 1.88. The van der Waals surface area contributed by atoms with Crippen LogP contribution in [0.5, 0.6) is 0 Å². The first-order valence-electron chi connectivity index (χ1n) is 5.21. The lowest BCUT2D eigenvalue weighted by atomic mass is 10.0. The normalized spacial score (nSPS) is 10.4. The van der Waals surface area contributed by atoms with E-state index >= 15 is 0 Å². The lowest BCUT2D eigenvalue weighted by Gasteiger charge is -2.04.